The number of halogens is 2. The Labute approximate surface area is 194 Å². The van der Waals surface area contributed by atoms with Gasteiger partial charge in [0.1, 0.15) is 11.6 Å². The molecule has 0 amide bonds. The molecule has 1 heterocycles. The predicted octanol–water partition coefficient (Wildman–Crippen LogP) is 5.22. The smallest absolute Gasteiger partial charge is 0.167 e. The second-order valence-electron chi connectivity index (χ2n) is 8.97. The number of rotatable bonds is 6. The van der Waals surface area contributed by atoms with Crippen molar-refractivity contribution in [2.75, 3.05) is 26.2 Å². The third-order valence-electron chi connectivity index (χ3n) is 6.98. The molecule has 4 rings (SSSR count). The monoisotopic (exact) mass is 448 g/mol. The highest BCUT2D eigenvalue weighted by Gasteiger charge is 2.43. The third-order valence-corrected chi connectivity index (χ3v) is 6.98. The Kier molecular flexibility index (Phi) is 7.01. The molecule has 0 bridgehead atoms. The number of carbonyl (C=O) groups is 1. The van der Waals surface area contributed by atoms with Crippen LogP contribution in [0.5, 0.6) is 0 Å². The van der Waals surface area contributed by atoms with Crippen molar-refractivity contribution in [3.63, 3.8) is 0 Å². The van der Waals surface area contributed by atoms with Gasteiger partial charge in [0.25, 0.3) is 0 Å². The van der Waals surface area contributed by atoms with E-state index in [1.807, 2.05) is 37.3 Å². The van der Waals surface area contributed by atoms with Gasteiger partial charge in [0.05, 0.1) is 0 Å². The fourth-order valence-corrected chi connectivity index (χ4v) is 5.24. The van der Waals surface area contributed by atoms with Crippen molar-refractivity contribution >= 4 is 5.78 Å². The van der Waals surface area contributed by atoms with E-state index in [0.29, 0.717) is 37.3 Å². The molecule has 0 aromatic heterocycles. The number of hydrogen-bond acceptors (Lipinski definition) is 3. The standard InChI is InChI=1S/C28H30F2N2O/c1-18-7-5-11-22(19(18)2)27-24(23-10-3-4-12-26(23)30)16-32(14-13-31)17-25(27)28(33)20-8-6-9-21(29)15-20/h3-12,15,24-25,27H,13-14,16-17,31H2,1-2H3/t24-,25+,27+/m1/s1. The quantitative estimate of drug-likeness (QED) is 0.526. The van der Waals surface area contributed by atoms with Gasteiger partial charge in [0, 0.05) is 49.5 Å². The van der Waals surface area contributed by atoms with Gasteiger partial charge in [-0.3, -0.25) is 4.79 Å². The van der Waals surface area contributed by atoms with Crippen LogP contribution in [-0.4, -0.2) is 36.9 Å². The number of piperidine rings is 1. The molecule has 1 aliphatic rings. The summed E-state index contributed by atoms with van der Waals surface area (Å²) in [5.74, 6) is -1.78. The van der Waals surface area contributed by atoms with E-state index in [1.165, 1.54) is 18.2 Å². The Hall–Kier alpha value is -2.89. The van der Waals surface area contributed by atoms with Gasteiger partial charge in [-0.2, -0.15) is 0 Å². The average molecular weight is 449 g/mol. The summed E-state index contributed by atoms with van der Waals surface area (Å²) in [6.45, 7) is 6.25. The van der Waals surface area contributed by atoms with Crippen molar-refractivity contribution < 1.29 is 13.6 Å². The fourth-order valence-electron chi connectivity index (χ4n) is 5.24. The first-order valence-corrected chi connectivity index (χ1v) is 11.4. The number of Topliss-reactive ketones (excluding diaryl/α,β-unsaturated/α-hetero) is 1. The molecule has 0 spiro atoms. The van der Waals surface area contributed by atoms with Crippen molar-refractivity contribution in [3.05, 3.63) is 106 Å². The van der Waals surface area contributed by atoms with Crippen LogP contribution in [0.15, 0.2) is 66.7 Å². The molecule has 5 heteroatoms. The number of nitrogens with two attached hydrogens (primary N) is 1. The molecular weight excluding hydrogens is 418 g/mol. The number of likely N-dealkylation sites (tertiary alicyclic amines) is 1. The maximum atomic E-state index is 15.1. The lowest BCUT2D eigenvalue weighted by Crippen LogP contribution is -2.48. The van der Waals surface area contributed by atoms with Gasteiger partial charge in [-0.15, -0.1) is 0 Å². The Morgan fingerprint density at radius 3 is 2.42 bits per heavy atom. The predicted molar refractivity (Wildman–Crippen MR) is 128 cm³/mol. The van der Waals surface area contributed by atoms with E-state index in [1.54, 1.807) is 18.2 Å². The topological polar surface area (TPSA) is 46.3 Å². The number of nitrogens with zero attached hydrogens (tertiary/aromatic N) is 1. The van der Waals surface area contributed by atoms with E-state index in [-0.39, 0.29) is 23.4 Å². The highest BCUT2D eigenvalue weighted by atomic mass is 19.1. The number of aryl methyl sites for hydroxylation is 1. The minimum absolute atomic E-state index is 0.122. The molecule has 3 aromatic rings. The summed E-state index contributed by atoms with van der Waals surface area (Å²) in [6.07, 6.45) is 0. The van der Waals surface area contributed by atoms with Crippen LogP contribution >= 0.6 is 0 Å². The van der Waals surface area contributed by atoms with Crippen LogP contribution < -0.4 is 5.73 Å². The van der Waals surface area contributed by atoms with Crippen molar-refractivity contribution in [2.24, 2.45) is 11.7 Å². The third kappa shape index (κ3) is 4.75. The van der Waals surface area contributed by atoms with Gasteiger partial charge in [0.15, 0.2) is 5.78 Å². The summed E-state index contributed by atoms with van der Waals surface area (Å²) in [7, 11) is 0. The summed E-state index contributed by atoms with van der Waals surface area (Å²) < 4.78 is 29.1. The molecule has 1 aliphatic heterocycles. The normalized spacial score (nSPS) is 21.2. The Morgan fingerprint density at radius 2 is 1.70 bits per heavy atom. The minimum atomic E-state index is -0.461. The van der Waals surface area contributed by atoms with Crippen LogP contribution in [0, 0.1) is 31.4 Å². The molecule has 0 radical (unpaired) electrons. The molecule has 172 valence electrons. The first-order chi connectivity index (χ1) is 15.9. The molecule has 1 fully saturated rings. The van der Waals surface area contributed by atoms with Crippen LogP contribution in [0.2, 0.25) is 0 Å². The number of ketones is 1. The molecule has 1 saturated heterocycles. The zero-order valence-corrected chi connectivity index (χ0v) is 19.1. The lowest BCUT2D eigenvalue weighted by Gasteiger charge is -2.44. The van der Waals surface area contributed by atoms with E-state index >= 15 is 4.39 Å². The summed E-state index contributed by atoms with van der Waals surface area (Å²) in [4.78, 5) is 16.0. The molecule has 3 atom stereocenters. The number of benzene rings is 3. The van der Waals surface area contributed by atoms with Crippen molar-refractivity contribution in [3.8, 4) is 0 Å². The Bertz CT molecular complexity index is 1150. The van der Waals surface area contributed by atoms with Crippen LogP contribution in [-0.2, 0) is 0 Å². The summed E-state index contributed by atoms with van der Waals surface area (Å²) in [5.41, 5.74) is 10.1. The minimum Gasteiger partial charge on any atom is -0.329 e. The van der Waals surface area contributed by atoms with E-state index in [0.717, 1.165) is 16.7 Å². The Balaban J connectivity index is 1.89. The number of carbonyl (C=O) groups excluding carboxylic acids is 1. The molecule has 3 aromatic carbocycles. The number of hydrogen-bond donors (Lipinski definition) is 1. The zero-order valence-electron chi connectivity index (χ0n) is 19.1. The average Bonchev–Trinajstić information content (AvgIpc) is 2.81. The molecule has 3 nitrogen and oxygen atoms in total. The van der Waals surface area contributed by atoms with Crippen LogP contribution in [0.25, 0.3) is 0 Å². The lowest BCUT2D eigenvalue weighted by atomic mass is 9.67. The SMILES string of the molecule is Cc1cccc([C@@H]2[C@@H](C(=O)c3cccc(F)c3)CN(CCN)C[C@@H]2c2ccccc2F)c1C. The highest BCUT2D eigenvalue weighted by molar-refractivity contribution is 5.98. The van der Waals surface area contributed by atoms with Gasteiger partial charge < -0.3 is 10.6 Å². The molecular formula is C28H30F2N2O. The van der Waals surface area contributed by atoms with E-state index < -0.39 is 11.7 Å². The van der Waals surface area contributed by atoms with E-state index in [2.05, 4.69) is 11.8 Å². The molecule has 0 saturated carbocycles. The van der Waals surface area contributed by atoms with Crippen molar-refractivity contribution in [1.82, 2.24) is 4.90 Å². The van der Waals surface area contributed by atoms with E-state index in [4.69, 9.17) is 5.73 Å². The molecule has 2 N–H and O–H groups in total. The fraction of sp³-hybridized carbons (Fsp3) is 0.321. The Morgan fingerprint density at radius 1 is 0.970 bits per heavy atom. The lowest BCUT2D eigenvalue weighted by molar-refractivity contribution is 0.0742. The largest absolute Gasteiger partial charge is 0.329 e. The van der Waals surface area contributed by atoms with Crippen molar-refractivity contribution in [1.29, 1.82) is 0 Å². The molecule has 33 heavy (non-hydrogen) atoms. The van der Waals surface area contributed by atoms with Gasteiger partial charge in [-0.05, 0) is 54.3 Å². The van der Waals surface area contributed by atoms with Crippen LogP contribution in [0.3, 0.4) is 0 Å². The highest BCUT2D eigenvalue weighted by Crippen LogP contribution is 2.46. The van der Waals surface area contributed by atoms with Crippen LogP contribution in [0.1, 0.15) is 44.4 Å². The summed E-state index contributed by atoms with van der Waals surface area (Å²) in [5, 5.41) is 0. The van der Waals surface area contributed by atoms with Crippen molar-refractivity contribution in [2.45, 2.75) is 25.7 Å². The first-order valence-electron chi connectivity index (χ1n) is 11.4. The summed E-state index contributed by atoms with van der Waals surface area (Å²) >= 11 is 0. The van der Waals surface area contributed by atoms with Gasteiger partial charge in [-0.25, -0.2) is 8.78 Å². The first kappa shape index (κ1) is 23.3. The maximum Gasteiger partial charge on any atom is 0.167 e. The van der Waals surface area contributed by atoms with Gasteiger partial charge in [0.2, 0.25) is 0 Å². The summed E-state index contributed by atoms with van der Waals surface area (Å²) in [6, 6.07) is 18.7. The molecule has 0 unspecified atom stereocenters. The maximum absolute atomic E-state index is 15.1. The second-order valence-corrected chi connectivity index (χ2v) is 8.97. The zero-order chi connectivity index (χ0) is 23.5. The van der Waals surface area contributed by atoms with Gasteiger partial charge in [-0.1, -0.05) is 48.5 Å². The second kappa shape index (κ2) is 9.94. The van der Waals surface area contributed by atoms with E-state index in [9.17, 15) is 9.18 Å². The van der Waals surface area contributed by atoms with Gasteiger partial charge >= 0.3 is 0 Å². The van der Waals surface area contributed by atoms with Crippen LogP contribution in [0.4, 0.5) is 8.78 Å². The molecule has 0 aliphatic carbocycles.